The van der Waals surface area contributed by atoms with E-state index < -0.39 is 17.6 Å². The van der Waals surface area contributed by atoms with Crippen molar-refractivity contribution in [2.45, 2.75) is 39.8 Å². The number of anilines is 1. The molecule has 1 aromatic carbocycles. The Balaban J connectivity index is 2.11. The molecule has 0 atom stereocenters. The lowest BCUT2D eigenvalue weighted by atomic mass is 10.1. The monoisotopic (exact) mass is 475 g/mol. The number of hydrogen-bond acceptors (Lipinski definition) is 7. The number of aryl methyl sites for hydroxylation is 1. The Morgan fingerprint density at radius 1 is 1.14 bits per heavy atom. The van der Waals surface area contributed by atoms with E-state index in [1.54, 1.807) is 80.2 Å². The second-order valence-electron chi connectivity index (χ2n) is 8.70. The summed E-state index contributed by atoms with van der Waals surface area (Å²) in [5.74, 6) is 0.222. The van der Waals surface area contributed by atoms with Crippen molar-refractivity contribution in [1.82, 2.24) is 19.7 Å². The molecule has 0 unspecified atom stereocenters. The lowest BCUT2D eigenvalue weighted by molar-refractivity contribution is 0.0563. The zero-order chi connectivity index (χ0) is 25.6. The highest BCUT2D eigenvalue weighted by Gasteiger charge is 2.32. The summed E-state index contributed by atoms with van der Waals surface area (Å²) in [7, 11) is 0. The quantitative estimate of drug-likeness (QED) is 0.424. The fraction of sp³-hybridized carbons (Fsp3) is 0.269. The van der Waals surface area contributed by atoms with Crippen LogP contribution in [-0.2, 0) is 11.3 Å². The highest BCUT2D eigenvalue weighted by molar-refractivity contribution is 6.19. The Bertz CT molecular complexity index is 1240. The average Bonchev–Trinajstić information content (AvgIpc) is 3.25. The number of ether oxygens (including phenoxy) is 2. The minimum atomic E-state index is -0.866. The van der Waals surface area contributed by atoms with Crippen molar-refractivity contribution in [3.63, 3.8) is 0 Å². The van der Waals surface area contributed by atoms with Crippen LogP contribution in [0.15, 0.2) is 68.0 Å². The summed E-state index contributed by atoms with van der Waals surface area (Å²) >= 11 is 0. The van der Waals surface area contributed by atoms with Crippen molar-refractivity contribution >= 4 is 17.8 Å². The second kappa shape index (κ2) is 10.8. The minimum absolute atomic E-state index is 0.0742. The summed E-state index contributed by atoms with van der Waals surface area (Å²) in [5, 5.41) is 8.06. The van der Waals surface area contributed by atoms with E-state index >= 15 is 0 Å². The second-order valence-corrected chi connectivity index (χ2v) is 8.70. The number of amides is 2. The van der Waals surface area contributed by atoms with E-state index in [0.29, 0.717) is 23.8 Å². The molecule has 0 N–H and O–H groups in total. The van der Waals surface area contributed by atoms with Crippen molar-refractivity contribution in [3.05, 3.63) is 79.2 Å². The van der Waals surface area contributed by atoms with Crippen LogP contribution < -0.4 is 9.64 Å². The third-order valence-electron chi connectivity index (χ3n) is 4.64. The summed E-state index contributed by atoms with van der Waals surface area (Å²) in [6, 6.07) is 10.1. The topological polar surface area (TPSA) is 99.4 Å². The lowest BCUT2D eigenvalue weighted by Gasteiger charge is -2.26. The van der Waals surface area contributed by atoms with Crippen LogP contribution in [0, 0.1) is 6.92 Å². The standard InChI is InChI=1S/C26H29N5O4/c1-7-14-30-17-27-29-23(30)20-10-9-11-22(28-20)31(25(33)35-26(4,5)6)24(32)19-13-12-18(3)16-21(19)34-15-8-2/h7-13,16-17H,1-2,14-15H2,3-6H3. The van der Waals surface area contributed by atoms with E-state index in [1.165, 1.54) is 0 Å². The molecule has 0 radical (unpaired) electrons. The fourth-order valence-corrected chi connectivity index (χ4v) is 3.18. The normalized spacial score (nSPS) is 11.0. The average molecular weight is 476 g/mol. The van der Waals surface area contributed by atoms with Gasteiger partial charge in [-0.1, -0.05) is 30.9 Å². The molecule has 3 aromatic rings. The molecule has 0 saturated heterocycles. The van der Waals surface area contributed by atoms with Gasteiger partial charge >= 0.3 is 6.09 Å². The minimum Gasteiger partial charge on any atom is -0.489 e. The molecule has 0 aliphatic carbocycles. The van der Waals surface area contributed by atoms with E-state index in [1.807, 2.05) is 6.92 Å². The van der Waals surface area contributed by atoms with Gasteiger partial charge in [0.2, 0.25) is 0 Å². The van der Waals surface area contributed by atoms with Crippen LogP contribution in [0.1, 0.15) is 36.7 Å². The Hall–Kier alpha value is -4.27. The molecule has 0 fully saturated rings. The molecule has 0 bridgehead atoms. The zero-order valence-electron chi connectivity index (χ0n) is 20.4. The predicted molar refractivity (Wildman–Crippen MR) is 133 cm³/mol. The molecule has 0 saturated carbocycles. The van der Waals surface area contributed by atoms with Gasteiger partial charge in [-0.2, -0.15) is 4.90 Å². The largest absolute Gasteiger partial charge is 0.489 e. The smallest absolute Gasteiger partial charge is 0.423 e. The van der Waals surface area contributed by atoms with E-state index in [4.69, 9.17) is 9.47 Å². The van der Waals surface area contributed by atoms with Gasteiger partial charge < -0.3 is 14.0 Å². The van der Waals surface area contributed by atoms with Crippen LogP contribution in [0.5, 0.6) is 5.75 Å². The molecule has 35 heavy (non-hydrogen) atoms. The zero-order valence-corrected chi connectivity index (χ0v) is 20.4. The molecular formula is C26H29N5O4. The van der Waals surface area contributed by atoms with Gasteiger partial charge in [-0.15, -0.1) is 16.8 Å². The molecular weight excluding hydrogens is 446 g/mol. The van der Waals surface area contributed by atoms with Gasteiger partial charge in [0.25, 0.3) is 5.91 Å². The van der Waals surface area contributed by atoms with Gasteiger partial charge in [0, 0.05) is 6.54 Å². The first kappa shape index (κ1) is 25.4. The van der Waals surface area contributed by atoms with Crippen molar-refractivity contribution in [3.8, 4) is 17.3 Å². The molecule has 2 aromatic heterocycles. The van der Waals surface area contributed by atoms with E-state index in [2.05, 4.69) is 28.3 Å². The summed E-state index contributed by atoms with van der Waals surface area (Å²) in [6.07, 6.45) is 3.97. The molecule has 2 amide bonds. The molecule has 182 valence electrons. The number of aromatic nitrogens is 4. The van der Waals surface area contributed by atoms with E-state index in [9.17, 15) is 9.59 Å². The molecule has 0 aliphatic rings. The van der Waals surface area contributed by atoms with Gasteiger partial charge in [-0.25, -0.2) is 9.78 Å². The Labute approximate surface area is 204 Å². The summed E-state index contributed by atoms with van der Waals surface area (Å²) in [6.45, 7) is 15.1. The molecule has 0 spiro atoms. The maximum Gasteiger partial charge on any atom is 0.423 e. The number of allylic oxidation sites excluding steroid dienone is 1. The number of carbonyl (C=O) groups is 2. The molecule has 0 aliphatic heterocycles. The Kier molecular flexibility index (Phi) is 7.80. The van der Waals surface area contributed by atoms with Crippen molar-refractivity contribution in [2.24, 2.45) is 0 Å². The predicted octanol–water partition coefficient (Wildman–Crippen LogP) is 4.98. The molecule has 9 heteroatoms. The summed E-state index contributed by atoms with van der Waals surface area (Å²) < 4.78 is 13.0. The van der Waals surface area contributed by atoms with Crippen LogP contribution in [0.3, 0.4) is 0 Å². The number of nitrogens with zero attached hydrogens (tertiary/aromatic N) is 5. The summed E-state index contributed by atoms with van der Waals surface area (Å²) in [4.78, 5) is 32.5. The number of imide groups is 1. The number of carbonyl (C=O) groups excluding carboxylic acids is 2. The van der Waals surface area contributed by atoms with Crippen LogP contribution in [0.25, 0.3) is 11.5 Å². The third kappa shape index (κ3) is 6.20. The highest BCUT2D eigenvalue weighted by Crippen LogP contribution is 2.27. The van der Waals surface area contributed by atoms with Crippen molar-refractivity contribution in [1.29, 1.82) is 0 Å². The number of benzene rings is 1. The van der Waals surface area contributed by atoms with Crippen molar-refractivity contribution in [2.75, 3.05) is 11.5 Å². The van der Waals surface area contributed by atoms with Gasteiger partial charge in [0.15, 0.2) is 5.82 Å². The van der Waals surface area contributed by atoms with Crippen LogP contribution in [0.4, 0.5) is 10.6 Å². The molecule has 9 nitrogen and oxygen atoms in total. The van der Waals surface area contributed by atoms with E-state index in [-0.39, 0.29) is 18.0 Å². The lowest BCUT2D eigenvalue weighted by Crippen LogP contribution is -2.41. The SMILES string of the molecule is C=CCOc1cc(C)ccc1C(=O)N(C(=O)OC(C)(C)C)c1cccc(-c2nncn2CC=C)n1. The van der Waals surface area contributed by atoms with E-state index in [0.717, 1.165) is 10.5 Å². The highest BCUT2D eigenvalue weighted by atomic mass is 16.6. The van der Waals surface area contributed by atoms with Crippen LogP contribution >= 0.6 is 0 Å². The fourth-order valence-electron chi connectivity index (χ4n) is 3.18. The van der Waals surface area contributed by atoms with Gasteiger partial charge in [0.05, 0.1) is 5.56 Å². The Morgan fingerprint density at radius 3 is 2.60 bits per heavy atom. The maximum absolute atomic E-state index is 13.8. The molecule has 2 heterocycles. The first-order valence-electron chi connectivity index (χ1n) is 11.0. The van der Waals surface area contributed by atoms with Crippen LogP contribution in [0.2, 0.25) is 0 Å². The number of pyridine rings is 1. The van der Waals surface area contributed by atoms with Gasteiger partial charge in [0.1, 0.15) is 35.8 Å². The number of rotatable bonds is 8. The van der Waals surface area contributed by atoms with Crippen LogP contribution in [-0.4, -0.2) is 44.0 Å². The summed E-state index contributed by atoms with van der Waals surface area (Å²) in [5.41, 5.74) is 0.666. The third-order valence-corrected chi connectivity index (χ3v) is 4.64. The van der Waals surface area contributed by atoms with Gasteiger partial charge in [-0.3, -0.25) is 4.79 Å². The van der Waals surface area contributed by atoms with Crippen molar-refractivity contribution < 1.29 is 19.1 Å². The Morgan fingerprint density at radius 2 is 1.91 bits per heavy atom. The maximum atomic E-state index is 13.8. The van der Waals surface area contributed by atoms with Gasteiger partial charge in [-0.05, 0) is 57.5 Å². The first-order chi connectivity index (χ1) is 16.6. The molecule has 3 rings (SSSR count). The number of hydrogen-bond donors (Lipinski definition) is 0. The first-order valence-corrected chi connectivity index (χ1v) is 11.0.